The SMILES string of the molecule is NCc1cc(S(=O)(=O)N2CCCC(C(F)(F)F)C2)cs1. The molecule has 2 rings (SSSR count). The highest BCUT2D eigenvalue weighted by molar-refractivity contribution is 7.89. The maximum absolute atomic E-state index is 12.7. The minimum absolute atomic E-state index is 0.0206. The molecule has 9 heteroatoms. The van der Waals surface area contributed by atoms with Crippen molar-refractivity contribution >= 4 is 21.4 Å². The summed E-state index contributed by atoms with van der Waals surface area (Å²) in [5.74, 6) is -1.58. The Morgan fingerprint density at radius 3 is 2.70 bits per heavy atom. The lowest BCUT2D eigenvalue weighted by Crippen LogP contribution is -2.44. The first-order valence-electron chi connectivity index (χ1n) is 6.09. The van der Waals surface area contributed by atoms with Crippen molar-refractivity contribution in [3.63, 3.8) is 0 Å². The van der Waals surface area contributed by atoms with E-state index in [2.05, 4.69) is 0 Å². The summed E-state index contributed by atoms with van der Waals surface area (Å²) in [7, 11) is -3.86. The Morgan fingerprint density at radius 2 is 2.15 bits per heavy atom. The Bertz CT molecular complexity index is 568. The highest BCUT2D eigenvalue weighted by Crippen LogP contribution is 2.35. The fraction of sp³-hybridized carbons (Fsp3) is 0.636. The van der Waals surface area contributed by atoms with Gasteiger partial charge < -0.3 is 5.73 Å². The molecule has 0 aliphatic carbocycles. The van der Waals surface area contributed by atoms with Gasteiger partial charge in [0, 0.05) is 29.9 Å². The van der Waals surface area contributed by atoms with E-state index in [4.69, 9.17) is 5.73 Å². The third kappa shape index (κ3) is 3.16. The Labute approximate surface area is 119 Å². The van der Waals surface area contributed by atoms with E-state index in [0.29, 0.717) is 4.88 Å². The first-order chi connectivity index (χ1) is 9.25. The molecule has 4 nitrogen and oxygen atoms in total. The van der Waals surface area contributed by atoms with Crippen LogP contribution in [0.15, 0.2) is 16.3 Å². The number of nitrogens with two attached hydrogens (primary N) is 1. The first kappa shape index (κ1) is 15.7. The van der Waals surface area contributed by atoms with Crippen LogP contribution < -0.4 is 5.73 Å². The third-order valence-corrected chi connectivity index (χ3v) is 6.27. The molecular formula is C11H15F3N2O2S2. The molecule has 1 aromatic heterocycles. The van der Waals surface area contributed by atoms with Crippen molar-refractivity contribution in [3.8, 4) is 0 Å². The van der Waals surface area contributed by atoms with Gasteiger partial charge in [-0.15, -0.1) is 11.3 Å². The average Bonchev–Trinajstić information content (AvgIpc) is 2.87. The van der Waals surface area contributed by atoms with Crippen LogP contribution >= 0.6 is 11.3 Å². The maximum Gasteiger partial charge on any atom is 0.393 e. The normalized spacial score (nSPS) is 22.1. The molecule has 1 aliphatic rings. The molecule has 1 aliphatic heterocycles. The number of thiophene rings is 1. The van der Waals surface area contributed by atoms with E-state index in [9.17, 15) is 21.6 Å². The standard InChI is InChI=1S/C11H15F3N2O2S2/c12-11(13,14)8-2-1-3-16(6-8)20(17,18)10-4-9(5-15)19-7-10/h4,7-8H,1-3,5-6,15H2. The number of piperidine rings is 1. The van der Waals surface area contributed by atoms with Crippen molar-refractivity contribution in [1.82, 2.24) is 4.31 Å². The van der Waals surface area contributed by atoms with Gasteiger partial charge >= 0.3 is 6.18 Å². The van der Waals surface area contributed by atoms with E-state index in [0.717, 1.165) is 4.31 Å². The minimum Gasteiger partial charge on any atom is -0.326 e. The minimum atomic E-state index is -4.36. The number of nitrogens with zero attached hydrogens (tertiary/aromatic N) is 1. The monoisotopic (exact) mass is 328 g/mol. The van der Waals surface area contributed by atoms with E-state index in [1.165, 1.54) is 22.8 Å². The molecular weight excluding hydrogens is 313 g/mol. The predicted molar refractivity (Wildman–Crippen MR) is 69.7 cm³/mol. The molecule has 1 unspecified atom stereocenters. The van der Waals surface area contributed by atoms with Gasteiger partial charge in [-0.05, 0) is 18.9 Å². The summed E-state index contributed by atoms with van der Waals surface area (Å²) in [5, 5.41) is 1.43. The van der Waals surface area contributed by atoms with Crippen LogP contribution in [-0.4, -0.2) is 32.0 Å². The molecule has 1 saturated heterocycles. The summed E-state index contributed by atoms with van der Waals surface area (Å²) in [5.41, 5.74) is 5.42. The van der Waals surface area contributed by atoms with Crippen LogP contribution in [0, 0.1) is 5.92 Å². The van der Waals surface area contributed by atoms with E-state index >= 15 is 0 Å². The van der Waals surface area contributed by atoms with Gasteiger partial charge in [0.1, 0.15) is 0 Å². The molecule has 1 atom stereocenters. The summed E-state index contributed by atoms with van der Waals surface area (Å²) in [6, 6.07) is 1.43. The Balaban J connectivity index is 2.21. The number of sulfonamides is 1. The van der Waals surface area contributed by atoms with Gasteiger partial charge in [0.05, 0.1) is 10.8 Å². The highest BCUT2D eigenvalue weighted by Gasteiger charge is 2.44. The van der Waals surface area contributed by atoms with Crippen LogP contribution in [0.1, 0.15) is 17.7 Å². The molecule has 2 heterocycles. The molecule has 20 heavy (non-hydrogen) atoms. The Hall–Kier alpha value is -0.640. The van der Waals surface area contributed by atoms with Crippen molar-refractivity contribution in [3.05, 3.63) is 16.3 Å². The molecule has 0 saturated carbocycles. The number of alkyl halides is 3. The predicted octanol–water partition coefficient (Wildman–Crippen LogP) is 2.17. The summed E-state index contributed by atoms with van der Waals surface area (Å²) < 4.78 is 63.7. The van der Waals surface area contributed by atoms with Crippen molar-refractivity contribution < 1.29 is 21.6 Å². The number of hydrogen-bond acceptors (Lipinski definition) is 4. The van der Waals surface area contributed by atoms with Crippen LogP contribution in [0.5, 0.6) is 0 Å². The van der Waals surface area contributed by atoms with Gasteiger partial charge in [-0.25, -0.2) is 8.42 Å². The van der Waals surface area contributed by atoms with Crippen LogP contribution in [0.2, 0.25) is 0 Å². The lowest BCUT2D eigenvalue weighted by molar-refractivity contribution is -0.182. The van der Waals surface area contributed by atoms with E-state index in [-0.39, 0.29) is 30.8 Å². The smallest absolute Gasteiger partial charge is 0.326 e. The van der Waals surface area contributed by atoms with Crippen molar-refractivity contribution in [2.45, 2.75) is 30.5 Å². The van der Waals surface area contributed by atoms with Crippen molar-refractivity contribution in [2.75, 3.05) is 13.1 Å². The maximum atomic E-state index is 12.7. The topological polar surface area (TPSA) is 63.4 Å². The van der Waals surface area contributed by atoms with E-state index < -0.39 is 28.7 Å². The summed E-state index contributed by atoms with van der Waals surface area (Å²) in [6.45, 7) is -0.159. The average molecular weight is 328 g/mol. The second-order valence-electron chi connectivity index (χ2n) is 4.70. The number of hydrogen-bond donors (Lipinski definition) is 1. The molecule has 1 fully saturated rings. The fourth-order valence-corrected chi connectivity index (χ4v) is 4.85. The van der Waals surface area contributed by atoms with Gasteiger partial charge in [0.25, 0.3) is 0 Å². The molecule has 0 radical (unpaired) electrons. The summed E-state index contributed by atoms with van der Waals surface area (Å²) >= 11 is 1.19. The lowest BCUT2D eigenvalue weighted by atomic mass is 9.99. The van der Waals surface area contributed by atoms with Gasteiger partial charge in [-0.2, -0.15) is 17.5 Å². The molecule has 0 bridgehead atoms. The fourth-order valence-electron chi connectivity index (χ4n) is 2.18. The molecule has 0 spiro atoms. The quantitative estimate of drug-likeness (QED) is 0.925. The van der Waals surface area contributed by atoms with Crippen LogP contribution in [0.4, 0.5) is 13.2 Å². The van der Waals surface area contributed by atoms with Gasteiger partial charge in [0.2, 0.25) is 10.0 Å². The van der Waals surface area contributed by atoms with Crippen LogP contribution in [0.3, 0.4) is 0 Å². The summed E-state index contributed by atoms with van der Waals surface area (Å²) in [6.07, 6.45) is -4.16. The van der Waals surface area contributed by atoms with Crippen molar-refractivity contribution in [2.24, 2.45) is 11.7 Å². The molecule has 114 valence electrons. The van der Waals surface area contributed by atoms with Gasteiger partial charge in [0.15, 0.2) is 0 Å². The van der Waals surface area contributed by atoms with Gasteiger partial charge in [-0.3, -0.25) is 0 Å². The van der Waals surface area contributed by atoms with Crippen LogP contribution in [0.25, 0.3) is 0 Å². The Morgan fingerprint density at radius 1 is 1.45 bits per heavy atom. The van der Waals surface area contributed by atoms with Crippen molar-refractivity contribution in [1.29, 1.82) is 0 Å². The zero-order valence-corrected chi connectivity index (χ0v) is 12.2. The Kier molecular flexibility index (Phi) is 4.43. The zero-order chi connectivity index (χ0) is 15.0. The second-order valence-corrected chi connectivity index (χ2v) is 7.63. The lowest BCUT2D eigenvalue weighted by Gasteiger charge is -2.32. The molecule has 0 aromatic carbocycles. The second kappa shape index (κ2) is 5.63. The number of rotatable bonds is 3. The third-order valence-electron chi connectivity index (χ3n) is 3.32. The molecule has 2 N–H and O–H groups in total. The van der Waals surface area contributed by atoms with Gasteiger partial charge in [-0.1, -0.05) is 0 Å². The van der Waals surface area contributed by atoms with Crippen LogP contribution in [-0.2, 0) is 16.6 Å². The molecule has 1 aromatic rings. The first-order valence-corrected chi connectivity index (χ1v) is 8.41. The molecule has 0 amide bonds. The van der Waals surface area contributed by atoms with E-state index in [1.807, 2.05) is 0 Å². The number of halogens is 3. The van der Waals surface area contributed by atoms with E-state index in [1.54, 1.807) is 0 Å². The zero-order valence-electron chi connectivity index (χ0n) is 10.6. The summed E-state index contributed by atoms with van der Waals surface area (Å²) in [4.78, 5) is 0.721. The largest absolute Gasteiger partial charge is 0.393 e. The highest BCUT2D eigenvalue weighted by atomic mass is 32.2.